The Hall–Kier alpha value is -2.54. The van der Waals surface area contributed by atoms with E-state index < -0.39 is 0 Å². The molecule has 0 radical (unpaired) electrons. The number of amides is 1. The monoisotopic (exact) mass is 495 g/mol. The number of nitrogens with one attached hydrogen (secondary N) is 1. The first kappa shape index (κ1) is 23.6. The van der Waals surface area contributed by atoms with E-state index in [1.807, 2.05) is 60.0 Å². The van der Waals surface area contributed by atoms with Gasteiger partial charge in [-0.15, -0.1) is 17.9 Å². The lowest BCUT2D eigenvalue weighted by molar-refractivity contribution is 0.102. The fourth-order valence-electron chi connectivity index (χ4n) is 4.00. The van der Waals surface area contributed by atoms with Crippen molar-refractivity contribution in [3.8, 4) is 11.1 Å². The van der Waals surface area contributed by atoms with Gasteiger partial charge in [0.2, 0.25) is 0 Å². The minimum absolute atomic E-state index is 0.193. The van der Waals surface area contributed by atoms with Gasteiger partial charge >= 0.3 is 0 Å². The summed E-state index contributed by atoms with van der Waals surface area (Å²) < 4.78 is 0. The third kappa shape index (κ3) is 5.88. The Morgan fingerprint density at radius 2 is 1.94 bits per heavy atom. The molecule has 0 unspecified atom stereocenters. The summed E-state index contributed by atoms with van der Waals surface area (Å²) in [5.41, 5.74) is 3.15. The van der Waals surface area contributed by atoms with E-state index in [-0.39, 0.29) is 5.91 Å². The molecule has 0 aliphatic carbocycles. The molecule has 1 N–H and O–H groups in total. The van der Waals surface area contributed by atoms with E-state index in [4.69, 9.17) is 23.8 Å². The van der Waals surface area contributed by atoms with E-state index in [1.165, 1.54) is 0 Å². The first-order chi connectivity index (χ1) is 16.0. The zero-order chi connectivity index (χ0) is 23.2. The van der Waals surface area contributed by atoms with Crippen LogP contribution in [0.4, 0.5) is 5.69 Å². The zero-order valence-corrected chi connectivity index (χ0v) is 20.7. The molecule has 1 aliphatic rings. The van der Waals surface area contributed by atoms with Gasteiger partial charge in [0.15, 0.2) is 0 Å². The van der Waals surface area contributed by atoms with Crippen molar-refractivity contribution in [2.24, 2.45) is 0 Å². The van der Waals surface area contributed by atoms with E-state index in [0.29, 0.717) is 16.6 Å². The van der Waals surface area contributed by atoms with Gasteiger partial charge in [0.05, 0.1) is 10.00 Å². The van der Waals surface area contributed by atoms with Crippen molar-refractivity contribution in [3.63, 3.8) is 0 Å². The van der Waals surface area contributed by atoms with Gasteiger partial charge in [0, 0.05) is 47.1 Å². The first-order valence-corrected chi connectivity index (χ1v) is 12.7. The predicted molar refractivity (Wildman–Crippen MR) is 143 cm³/mol. The highest BCUT2D eigenvalue weighted by molar-refractivity contribution is 7.80. The number of benzene rings is 2. The highest BCUT2D eigenvalue weighted by Crippen LogP contribution is 2.32. The molecule has 0 saturated carbocycles. The normalized spacial score (nSPS) is 14.2. The number of allylic oxidation sites excluding steroid dienone is 1. The number of likely N-dealkylation sites (tertiary alicyclic amines) is 1. The first-order valence-electron chi connectivity index (χ1n) is 11.1. The molecular weight excluding hydrogens is 470 g/mol. The molecule has 4 nitrogen and oxygen atoms in total. The van der Waals surface area contributed by atoms with E-state index in [2.05, 4.69) is 21.8 Å². The van der Waals surface area contributed by atoms with Crippen molar-refractivity contribution in [2.75, 3.05) is 18.4 Å². The molecule has 2 aromatic carbocycles. The summed E-state index contributed by atoms with van der Waals surface area (Å²) in [6, 6.07) is 15.3. The minimum atomic E-state index is -0.193. The fourth-order valence-corrected chi connectivity index (χ4v) is 5.40. The molecule has 3 aromatic rings. The second-order valence-corrected chi connectivity index (χ2v) is 9.86. The molecule has 2 heterocycles. The quantitative estimate of drug-likeness (QED) is 0.278. The third-order valence-corrected chi connectivity index (χ3v) is 7.57. The van der Waals surface area contributed by atoms with Gasteiger partial charge < -0.3 is 10.2 Å². The Morgan fingerprint density at radius 3 is 2.67 bits per heavy atom. The molecule has 0 spiro atoms. The highest BCUT2D eigenvalue weighted by atomic mass is 35.5. The van der Waals surface area contributed by atoms with Crippen LogP contribution in [0, 0.1) is 0 Å². The van der Waals surface area contributed by atoms with Crippen LogP contribution < -0.4 is 5.32 Å². The van der Waals surface area contributed by atoms with Crippen molar-refractivity contribution in [2.45, 2.75) is 31.6 Å². The molecule has 7 heteroatoms. The summed E-state index contributed by atoms with van der Waals surface area (Å²) in [6.07, 6.45) is 5.73. The number of thiocarbonyl (C=S) groups is 1. The number of hydrogen-bond acceptors (Lipinski definition) is 4. The van der Waals surface area contributed by atoms with Gasteiger partial charge in [-0.2, -0.15) is 0 Å². The van der Waals surface area contributed by atoms with Crippen LogP contribution in [0.15, 0.2) is 66.6 Å². The van der Waals surface area contributed by atoms with Crippen LogP contribution in [0.25, 0.3) is 11.1 Å². The van der Waals surface area contributed by atoms with Crippen LogP contribution in [0.1, 0.15) is 47.1 Å². The summed E-state index contributed by atoms with van der Waals surface area (Å²) in [5, 5.41) is 6.60. The lowest BCUT2D eigenvalue weighted by Crippen LogP contribution is -2.36. The van der Waals surface area contributed by atoms with Crippen LogP contribution in [-0.4, -0.2) is 33.9 Å². The molecule has 170 valence electrons. The number of aromatic nitrogens is 1. The van der Waals surface area contributed by atoms with E-state index in [0.717, 1.165) is 65.6 Å². The zero-order valence-electron chi connectivity index (χ0n) is 18.3. The summed E-state index contributed by atoms with van der Waals surface area (Å²) in [4.78, 5) is 21.0. The Labute approximate surface area is 209 Å². The second-order valence-electron chi connectivity index (χ2n) is 8.06. The number of para-hydroxylation sites is 1. The van der Waals surface area contributed by atoms with Crippen LogP contribution in [-0.2, 0) is 0 Å². The average molecular weight is 496 g/mol. The van der Waals surface area contributed by atoms with E-state index >= 15 is 0 Å². The van der Waals surface area contributed by atoms with Gasteiger partial charge in [-0.3, -0.25) is 4.79 Å². The van der Waals surface area contributed by atoms with Gasteiger partial charge in [0.25, 0.3) is 5.91 Å². The summed E-state index contributed by atoms with van der Waals surface area (Å²) in [5.74, 6) is 0.179. The maximum atomic E-state index is 13.0. The molecular formula is C26H26ClN3OS2. The van der Waals surface area contributed by atoms with Crippen LogP contribution in [0.3, 0.4) is 0 Å². The minimum Gasteiger partial charge on any atom is -0.366 e. The average Bonchev–Trinajstić information content (AvgIpc) is 3.34. The molecule has 33 heavy (non-hydrogen) atoms. The topological polar surface area (TPSA) is 45.2 Å². The largest absolute Gasteiger partial charge is 0.366 e. The Balaban J connectivity index is 1.40. The summed E-state index contributed by atoms with van der Waals surface area (Å²) in [6.45, 7) is 5.65. The maximum absolute atomic E-state index is 13.0. The SMILES string of the molecule is C=CCCC(=S)N1CCC(c2nc(C(=O)Nc3ccccc3-c3ccc(Cl)cc3)cs2)CC1. The number of halogens is 1. The lowest BCUT2D eigenvalue weighted by atomic mass is 9.97. The summed E-state index contributed by atoms with van der Waals surface area (Å²) >= 11 is 13.1. The fraction of sp³-hybridized carbons (Fsp3) is 0.269. The van der Waals surface area contributed by atoms with Crippen LogP contribution in [0.5, 0.6) is 0 Å². The number of nitrogens with zero attached hydrogens (tertiary/aromatic N) is 2. The van der Waals surface area contributed by atoms with E-state index in [1.54, 1.807) is 11.3 Å². The van der Waals surface area contributed by atoms with Gasteiger partial charge in [-0.05, 0) is 43.0 Å². The number of thiazole rings is 1. The lowest BCUT2D eigenvalue weighted by Gasteiger charge is -2.33. The van der Waals surface area contributed by atoms with Crippen LogP contribution >= 0.6 is 35.2 Å². The van der Waals surface area contributed by atoms with Gasteiger partial charge in [-0.1, -0.05) is 60.2 Å². The number of carbonyl (C=O) groups excluding carboxylic acids is 1. The Bertz CT molecular complexity index is 1130. The third-order valence-electron chi connectivity index (χ3n) is 5.84. The Morgan fingerprint density at radius 1 is 1.21 bits per heavy atom. The van der Waals surface area contributed by atoms with Crippen molar-refractivity contribution >= 4 is 51.7 Å². The smallest absolute Gasteiger partial charge is 0.275 e. The molecule has 1 aliphatic heterocycles. The molecule has 1 saturated heterocycles. The second kappa shape index (κ2) is 11.1. The number of rotatable bonds is 7. The number of anilines is 1. The highest BCUT2D eigenvalue weighted by Gasteiger charge is 2.25. The van der Waals surface area contributed by atoms with Crippen LogP contribution in [0.2, 0.25) is 5.02 Å². The van der Waals surface area contributed by atoms with Gasteiger partial charge in [0.1, 0.15) is 5.69 Å². The maximum Gasteiger partial charge on any atom is 0.275 e. The van der Waals surface area contributed by atoms with Crippen molar-refractivity contribution < 1.29 is 4.79 Å². The van der Waals surface area contributed by atoms with E-state index in [9.17, 15) is 4.79 Å². The molecule has 0 bridgehead atoms. The molecule has 0 atom stereocenters. The van der Waals surface area contributed by atoms with Gasteiger partial charge in [-0.25, -0.2) is 4.98 Å². The molecule has 1 fully saturated rings. The number of carbonyl (C=O) groups is 1. The number of piperidine rings is 1. The van der Waals surface area contributed by atoms with Crippen molar-refractivity contribution in [1.29, 1.82) is 0 Å². The standard InChI is InChI=1S/C26H26ClN3OS2/c1-2-3-8-24(32)30-15-13-19(14-16-30)26-29-23(17-33-26)25(31)28-22-7-5-4-6-21(22)18-9-11-20(27)12-10-18/h2,4-7,9-12,17,19H,1,3,8,13-16H2,(H,28,31). The predicted octanol–water partition coefficient (Wildman–Crippen LogP) is 7.19. The summed E-state index contributed by atoms with van der Waals surface area (Å²) in [7, 11) is 0. The molecule has 1 amide bonds. The molecule has 4 rings (SSSR count). The van der Waals surface area contributed by atoms with Crippen molar-refractivity contribution in [1.82, 2.24) is 9.88 Å². The molecule has 1 aromatic heterocycles. The van der Waals surface area contributed by atoms with Crippen molar-refractivity contribution in [3.05, 3.63) is 82.3 Å². The Kier molecular flexibility index (Phi) is 7.91. The number of hydrogen-bond donors (Lipinski definition) is 1.